The number of rotatable bonds is 9. The molecule has 1 amide bonds. The van der Waals surface area contributed by atoms with Gasteiger partial charge < -0.3 is 10.1 Å². The minimum Gasteiger partial charge on any atom is -0.495 e. The minimum absolute atomic E-state index is 0.00339. The fourth-order valence-electron chi connectivity index (χ4n) is 2.49. The van der Waals surface area contributed by atoms with Crippen molar-refractivity contribution in [1.29, 1.82) is 0 Å². The Morgan fingerprint density at radius 3 is 2.48 bits per heavy atom. The van der Waals surface area contributed by atoms with Crippen LogP contribution in [0.2, 0.25) is 0 Å². The Morgan fingerprint density at radius 1 is 1.15 bits per heavy atom. The number of carbonyl (C=O) groups is 1. The number of sulfonamides is 1. The lowest BCUT2D eigenvalue weighted by atomic mass is 10.2. The maximum Gasteiger partial charge on any atom is 0.251 e. The molecule has 0 aliphatic rings. The number of amides is 1. The second-order valence-electron chi connectivity index (χ2n) is 6.28. The number of benzene rings is 2. The van der Waals surface area contributed by atoms with Gasteiger partial charge >= 0.3 is 0 Å². The molecule has 0 fully saturated rings. The van der Waals surface area contributed by atoms with Crippen LogP contribution in [-0.2, 0) is 16.4 Å². The third-order valence-corrected chi connectivity index (χ3v) is 5.74. The van der Waals surface area contributed by atoms with Crippen LogP contribution >= 0.6 is 0 Å². The van der Waals surface area contributed by atoms with Gasteiger partial charge in [-0.15, -0.1) is 0 Å². The molecule has 6 nitrogen and oxygen atoms in total. The molecule has 2 N–H and O–H groups in total. The lowest BCUT2D eigenvalue weighted by Gasteiger charge is -2.14. The summed E-state index contributed by atoms with van der Waals surface area (Å²) in [6, 6.07) is 14.0. The Kier molecular flexibility index (Phi) is 7.38. The standard InChI is InChI=1S/C20H26N2O4S/c1-4-15(2)22-20(23)17-10-11-18(26-3)19(14-17)27(24,25)21-13-12-16-8-6-5-7-9-16/h5-11,14-15,21H,4,12-13H2,1-3H3,(H,22,23)/t15-/m1/s1. The van der Waals surface area contributed by atoms with Crippen LogP contribution in [0.3, 0.4) is 0 Å². The second kappa shape index (κ2) is 9.53. The van der Waals surface area contributed by atoms with Crippen molar-refractivity contribution in [3.05, 3.63) is 59.7 Å². The number of methoxy groups -OCH3 is 1. The third-order valence-electron chi connectivity index (χ3n) is 4.25. The molecule has 1 atom stereocenters. The Balaban J connectivity index is 2.18. The fourth-order valence-corrected chi connectivity index (χ4v) is 3.71. The smallest absolute Gasteiger partial charge is 0.251 e. The SMILES string of the molecule is CC[C@@H](C)NC(=O)c1ccc(OC)c(S(=O)(=O)NCCc2ccccc2)c1. The first-order valence-electron chi connectivity index (χ1n) is 8.90. The summed E-state index contributed by atoms with van der Waals surface area (Å²) in [6.45, 7) is 4.11. The van der Waals surface area contributed by atoms with Crippen molar-refractivity contribution < 1.29 is 17.9 Å². The van der Waals surface area contributed by atoms with Crippen LogP contribution in [0.5, 0.6) is 5.75 Å². The van der Waals surface area contributed by atoms with Crippen LogP contribution in [0.1, 0.15) is 36.2 Å². The molecule has 27 heavy (non-hydrogen) atoms. The summed E-state index contributed by atoms with van der Waals surface area (Å²) in [7, 11) is -2.42. The maximum absolute atomic E-state index is 12.7. The lowest BCUT2D eigenvalue weighted by Crippen LogP contribution is -2.32. The van der Waals surface area contributed by atoms with E-state index < -0.39 is 10.0 Å². The molecule has 0 unspecified atom stereocenters. The quantitative estimate of drug-likeness (QED) is 0.689. The van der Waals surface area contributed by atoms with Gasteiger partial charge in [0.05, 0.1) is 7.11 Å². The first-order valence-corrected chi connectivity index (χ1v) is 10.4. The molecule has 146 valence electrons. The fraction of sp³-hybridized carbons (Fsp3) is 0.350. The highest BCUT2D eigenvalue weighted by Crippen LogP contribution is 2.25. The van der Waals surface area contributed by atoms with Gasteiger partial charge in [-0.3, -0.25) is 4.79 Å². The van der Waals surface area contributed by atoms with E-state index in [1.807, 2.05) is 44.2 Å². The zero-order valence-corrected chi connectivity index (χ0v) is 16.7. The van der Waals surface area contributed by atoms with Gasteiger partial charge in [-0.2, -0.15) is 0 Å². The van der Waals surface area contributed by atoms with Crippen LogP contribution < -0.4 is 14.8 Å². The molecule has 0 aliphatic carbocycles. The maximum atomic E-state index is 12.7. The normalized spacial score (nSPS) is 12.4. The number of hydrogen-bond acceptors (Lipinski definition) is 4. The summed E-state index contributed by atoms with van der Waals surface area (Å²) in [5.74, 6) is -0.116. The van der Waals surface area contributed by atoms with Crippen molar-refractivity contribution in [2.45, 2.75) is 37.6 Å². The molecule has 0 spiro atoms. The average Bonchev–Trinajstić information content (AvgIpc) is 2.68. The van der Waals surface area contributed by atoms with Crippen LogP contribution in [0.15, 0.2) is 53.4 Å². The van der Waals surface area contributed by atoms with Crippen molar-refractivity contribution in [3.8, 4) is 5.75 Å². The van der Waals surface area contributed by atoms with E-state index in [-0.39, 0.29) is 34.7 Å². The highest BCUT2D eigenvalue weighted by molar-refractivity contribution is 7.89. The predicted octanol–water partition coefficient (Wildman–Crippen LogP) is 2.74. The van der Waals surface area contributed by atoms with Crippen LogP contribution in [-0.4, -0.2) is 34.0 Å². The van der Waals surface area contributed by atoms with Gasteiger partial charge in [0.15, 0.2) is 0 Å². The van der Waals surface area contributed by atoms with Crippen LogP contribution in [0.4, 0.5) is 0 Å². The summed E-state index contributed by atoms with van der Waals surface area (Å²) in [5.41, 5.74) is 1.31. The number of carbonyl (C=O) groups excluding carboxylic acids is 1. The molecule has 0 aliphatic heterocycles. The summed E-state index contributed by atoms with van der Waals surface area (Å²) >= 11 is 0. The highest BCUT2D eigenvalue weighted by Gasteiger charge is 2.21. The average molecular weight is 391 g/mol. The molecule has 0 saturated heterocycles. The van der Waals surface area contributed by atoms with Crippen LogP contribution in [0, 0.1) is 0 Å². The summed E-state index contributed by atoms with van der Waals surface area (Å²) < 4.78 is 33.2. The van der Waals surface area contributed by atoms with E-state index in [1.165, 1.54) is 19.2 Å². The van der Waals surface area contributed by atoms with E-state index >= 15 is 0 Å². The van der Waals surface area contributed by atoms with Gasteiger partial charge in [0.25, 0.3) is 5.91 Å². The number of ether oxygens (including phenoxy) is 1. The third kappa shape index (κ3) is 5.80. The number of hydrogen-bond donors (Lipinski definition) is 2. The van der Waals surface area contributed by atoms with Gasteiger partial charge in [0, 0.05) is 18.2 Å². The van der Waals surface area contributed by atoms with Crippen molar-refractivity contribution in [1.82, 2.24) is 10.0 Å². The molecule has 0 bridgehead atoms. The summed E-state index contributed by atoms with van der Waals surface area (Å²) in [4.78, 5) is 12.3. The molecule has 0 aromatic heterocycles. The molecule has 7 heteroatoms. The van der Waals surface area contributed by atoms with Crippen molar-refractivity contribution >= 4 is 15.9 Å². The van der Waals surface area contributed by atoms with E-state index in [0.29, 0.717) is 6.42 Å². The predicted molar refractivity (Wildman–Crippen MR) is 106 cm³/mol. The topological polar surface area (TPSA) is 84.5 Å². The van der Waals surface area contributed by atoms with Crippen molar-refractivity contribution in [2.75, 3.05) is 13.7 Å². The molecular weight excluding hydrogens is 364 g/mol. The monoisotopic (exact) mass is 390 g/mol. The first kappa shape index (κ1) is 20.9. The van der Waals surface area contributed by atoms with Gasteiger partial charge in [0.2, 0.25) is 10.0 Å². The van der Waals surface area contributed by atoms with Crippen molar-refractivity contribution in [3.63, 3.8) is 0 Å². The Labute approximate surface area is 161 Å². The van der Waals surface area contributed by atoms with E-state index in [1.54, 1.807) is 6.07 Å². The van der Waals surface area contributed by atoms with Crippen LogP contribution in [0.25, 0.3) is 0 Å². The zero-order chi connectivity index (χ0) is 19.9. The minimum atomic E-state index is -3.82. The molecule has 0 heterocycles. The number of nitrogens with one attached hydrogen (secondary N) is 2. The van der Waals surface area contributed by atoms with E-state index in [2.05, 4.69) is 10.0 Å². The summed E-state index contributed by atoms with van der Waals surface area (Å²) in [6.07, 6.45) is 1.35. The molecule has 2 rings (SSSR count). The largest absolute Gasteiger partial charge is 0.495 e. The van der Waals surface area contributed by atoms with Gasteiger partial charge in [0.1, 0.15) is 10.6 Å². The summed E-state index contributed by atoms with van der Waals surface area (Å²) in [5, 5.41) is 2.83. The molecular formula is C20H26N2O4S. The van der Waals surface area contributed by atoms with Gasteiger partial charge in [-0.25, -0.2) is 13.1 Å². The van der Waals surface area contributed by atoms with Gasteiger partial charge in [-0.1, -0.05) is 37.3 Å². The first-order chi connectivity index (χ1) is 12.9. The van der Waals surface area contributed by atoms with E-state index in [0.717, 1.165) is 12.0 Å². The highest BCUT2D eigenvalue weighted by atomic mass is 32.2. The van der Waals surface area contributed by atoms with Crippen molar-refractivity contribution in [2.24, 2.45) is 0 Å². The molecule has 2 aromatic carbocycles. The second-order valence-corrected chi connectivity index (χ2v) is 8.02. The lowest BCUT2D eigenvalue weighted by molar-refractivity contribution is 0.0939. The Bertz CT molecular complexity index is 867. The van der Waals surface area contributed by atoms with Gasteiger partial charge in [-0.05, 0) is 43.5 Å². The zero-order valence-electron chi connectivity index (χ0n) is 15.9. The Hall–Kier alpha value is -2.38. The molecule has 0 saturated carbocycles. The van der Waals surface area contributed by atoms with E-state index in [9.17, 15) is 13.2 Å². The Morgan fingerprint density at radius 2 is 1.85 bits per heavy atom. The van der Waals surface area contributed by atoms with E-state index in [4.69, 9.17) is 4.74 Å². The molecule has 2 aromatic rings. The molecule has 0 radical (unpaired) electrons.